The smallest absolute Gasteiger partial charge is 0.126 e. The van der Waals surface area contributed by atoms with E-state index in [2.05, 4.69) is 29.2 Å². The Morgan fingerprint density at radius 1 is 1.50 bits per heavy atom. The number of pyridine rings is 1. The van der Waals surface area contributed by atoms with Crippen molar-refractivity contribution < 1.29 is 4.74 Å². The lowest BCUT2D eigenvalue weighted by molar-refractivity contribution is 0.232. The van der Waals surface area contributed by atoms with Crippen molar-refractivity contribution in [2.24, 2.45) is 0 Å². The van der Waals surface area contributed by atoms with Gasteiger partial charge in [0.15, 0.2) is 0 Å². The summed E-state index contributed by atoms with van der Waals surface area (Å²) >= 11 is 0. The maximum absolute atomic E-state index is 5.97. The molecule has 1 aliphatic rings. The molecule has 1 fully saturated rings. The van der Waals surface area contributed by atoms with Crippen LogP contribution in [-0.2, 0) is 6.54 Å². The minimum Gasteiger partial charge on any atom is -0.493 e. The standard InChI is InChI=1S/C16H27N3O/c1-3-8-17-12-14-13-18-9-6-16(14)20-11-7-15-5-4-10-19(15)2/h6,9,13,15,17H,3-5,7-8,10-12H2,1-2H3. The highest BCUT2D eigenvalue weighted by Gasteiger charge is 2.20. The molecule has 4 heteroatoms. The Morgan fingerprint density at radius 3 is 3.15 bits per heavy atom. The first-order valence-corrected chi connectivity index (χ1v) is 7.78. The highest BCUT2D eigenvalue weighted by Crippen LogP contribution is 2.20. The molecule has 1 N–H and O–H groups in total. The number of ether oxygens (including phenoxy) is 1. The zero-order valence-electron chi connectivity index (χ0n) is 12.8. The van der Waals surface area contributed by atoms with Crippen LogP contribution in [0.25, 0.3) is 0 Å². The van der Waals surface area contributed by atoms with E-state index in [1.54, 1.807) is 6.20 Å². The molecule has 0 radical (unpaired) electrons. The van der Waals surface area contributed by atoms with E-state index in [0.717, 1.165) is 43.9 Å². The summed E-state index contributed by atoms with van der Waals surface area (Å²) in [5, 5.41) is 3.40. The lowest BCUT2D eigenvalue weighted by atomic mass is 10.1. The second-order valence-electron chi connectivity index (χ2n) is 5.57. The predicted octanol–water partition coefficient (Wildman–Crippen LogP) is 2.44. The summed E-state index contributed by atoms with van der Waals surface area (Å²) in [5.41, 5.74) is 1.15. The molecule has 0 aliphatic carbocycles. The van der Waals surface area contributed by atoms with E-state index in [0.29, 0.717) is 6.04 Å². The van der Waals surface area contributed by atoms with Crippen LogP contribution in [0.4, 0.5) is 0 Å². The first kappa shape index (κ1) is 15.3. The summed E-state index contributed by atoms with van der Waals surface area (Å²) in [6.07, 6.45) is 8.59. The molecule has 1 aromatic rings. The second kappa shape index (κ2) is 8.22. The predicted molar refractivity (Wildman–Crippen MR) is 82.0 cm³/mol. The number of hydrogen-bond donors (Lipinski definition) is 1. The van der Waals surface area contributed by atoms with Gasteiger partial charge in [-0.15, -0.1) is 0 Å². The monoisotopic (exact) mass is 277 g/mol. The Hall–Kier alpha value is -1.13. The molecule has 20 heavy (non-hydrogen) atoms. The van der Waals surface area contributed by atoms with Crippen molar-refractivity contribution in [3.8, 4) is 5.75 Å². The number of aromatic nitrogens is 1. The fourth-order valence-electron chi connectivity index (χ4n) is 2.74. The Balaban J connectivity index is 1.79. The summed E-state index contributed by atoms with van der Waals surface area (Å²) < 4.78 is 5.97. The highest BCUT2D eigenvalue weighted by molar-refractivity contribution is 5.29. The molecule has 112 valence electrons. The fourth-order valence-corrected chi connectivity index (χ4v) is 2.74. The van der Waals surface area contributed by atoms with Crippen LogP contribution >= 0.6 is 0 Å². The van der Waals surface area contributed by atoms with Gasteiger partial charge in [-0.2, -0.15) is 0 Å². The van der Waals surface area contributed by atoms with E-state index < -0.39 is 0 Å². The first-order valence-electron chi connectivity index (χ1n) is 7.78. The van der Waals surface area contributed by atoms with Crippen molar-refractivity contribution in [1.82, 2.24) is 15.2 Å². The number of nitrogens with zero attached hydrogens (tertiary/aromatic N) is 2. The van der Waals surface area contributed by atoms with Crippen LogP contribution in [0.2, 0.25) is 0 Å². The number of hydrogen-bond acceptors (Lipinski definition) is 4. The third-order valence-corrected chi connectivity index (χ3v) is 3.98. The summed E-state index contributed by atoms with van der Waals surface area (Å²) in [6, 6.07) is 2.67. The molecule has 1 unspecified atom stereocenters. The van der Waals surface area contributed by atoms with E-state index in [9.17, 15) is 0 Å². The summed E-state index contributed by atoms with van der Waals surface area (Å²) in [6.45, 7) is 6.05. The van der Waals surface area contributed by atoms with Gasteiger partial charge in [-0.3, -0.25) is 4.98 Å². The number of likely N-dealkylation sites (tertiary alicyclic amines) is 1. The minimum absolute atomic E-state index is 0.693. The van der Waals surface area contributed by atoms with Gasteiger partial charge in [0.05, 0.1) is 6.61 Å². The Morgan fingerprint density at radius 2 is 2.40 bits per heavy atom. The van der Waals surface area contributed by atoms with Crippen molar-refractivity contribution >= 4 is 0 Å². The molecule has 0 saturated carbocycles. The van der Waals surface area contributed by atoms with Crippen LogP contribution < -0.4 is 10.1 Å². The topological polar surface area (TPSA) is 37.4 Å². The van der Waals surface area contributed by atoms with Gasteiger partial charge in [0.2, 0.25) is 0 Å². The van der Waals surface area contributed by atoms with Crippen molar-refractivity contribution in [3.05, 3.63) is 24.0 Å². The molecule has 2 heterocycles. The zero-order chi connectivity index (χ0) is 14.2. The van der Waals surface area contributed by atoms with Crippen LogP contribution in [0.5, 0.6) is 5.75 Å². The molecular weight excluding hydrogens is 250 g/mol. The Kier molecular flexibility index (Phi) is 6.27. The van der Waals surface area contributed by atoms with Crippen LogP contribution in [0, 0.1) is 0 Å². The van der Waals surface area contributed by atoms with Crippen LogP contribution in [0.3, 0.4) is 0 Å². The maximum Gasteiger partial charge on any atom is 0.126 e. The van der Waals surface area contributed by atoms with Gasteiger partial charge in [0.25, 0.3) is 0 Å². The van der Waals surface area contributed by atoms with Crippen LogP contribution in [0.1, 0.15) is 38.2 Å². The van der Waals surface area contributed by atoms with E-state index in [1.807, 2.05) is 12.3 Å². The largest absolute Gasteiger partial charge is 0.493 e. The van der Waals surface area contributed by atoms with Gasteiger partial charge in [-0.05, 0) is 51.9 Å². The van der Waals surface area contributed by atoms with Crippen molar-refractivity contribution in [2.45, 2.75) is 45.2 Å². The second-order valence-corrected chi connectivity index (χ2v) is 5.57. The van der Waals surface area contributed by atoms with Crippen molar-refractivity contribution in [1.29, 1.82) is 0 Å². The van der Waals surface area contributed by atoms with Crippen molar-refractivity contribution in [2.75, 3.05) is 26.7 Å². The lowest BCUT2D eigenvalue weighted by Gasteiger charge is -2.19. The molecule has 0 spiro atoms. The summed E-state index contributed by atoms with van der Waals surface area (Å²) in [4.78, 5) is 6.64. The van der Waals surface area contributed by atoms with E-state index in [1.165, 1.54) is 19.4 Å². The quantitative estimate of drug-likeness (QED) is 0.741. The minimum atomic E-state index is 0.693. The normalized spacial score (nSPS) is 19.4. The number of rotatable bonds is 8. The fraction of sp³-hybridized carbons (Fsp3) is 0.688. The molecule has 0 bridgehead atoms. The van der Waals surface area contributed by atoms with E-state index >= 15 is 0 Å². The van der Waals surface area contributed by atoms with E-state index in [-0.39, 0.29) is 0 Å². The van der Waals surface area contributed by atoms with Gasteiger partial charge in [0, 0.05) is 30.5 Å². The SMILES string of the molecule is CCCNCc1cnccc1OCCC1CCCN1C. The van der Waals surface area contributed by atoms with E-state index in [4.69, 9.17) is 4.74 Å². The molecule has 0 aromatic carbocycles. The van der Waals surface area contributed by atoms with Gasteiger partial charge < -0.3 is 15.0 Å². The number of nitrogens with one attached hydrogen (secondary N) is 1. The summed E-state index contributed by atoms with van der Waals surface area (Å²) in [7, 11) is 2.21. The molecule has 2 rings (SSSR count). The van der Waals surface area contributed by atoms with Gasteiger partial charge in [-0.25, -0.2) is 0 Å². The molecule has 4 nitrogen and oxygen atoms in total. The van der Waals surface area contributed by atoms with Gasteiger partial charge >= 0.3 is 0 Å². The third kappa shape index (κ3) is 4.46. The molecular formula is C16H27N3O. The molecule has 1 saturated heterocycles. The summed E-state index contributed by atoms with van der Waals surface area (Å²) in [5.74, 6) is 0.976. The lowest BCUT2D eigenvalue weighted by Crippen LogP contribution is -2.26. The highest BCUT2D eigenvalue weighted by atomic mass is 16.5. The maximum atomic E-state index is 5.97. The van der Waals surface area contributed by atoms with Gasteiger partial charge in [0.1, 0.15) is 5.75 Å². The first-order chi connectivity index (χ1) is 9.81. The molecule has 1 atom stereocenters. The average Bonchev–Trinajstić information content (AvgIpc) is 2.86. The van der Waals surface area contributed by atoms with Gasteiger partial charge in [-0.1, -0.05) is 6.92 Å². The Bertz CT molecular complexity index is 397. The van der Waals surface area contributed by atoms with Crippen LogP contribution in [0.15, 0.2) is 18.5 Å². The Labute approximate surface area is 122 Å². The average molecular weight is 277 g/mol. The molecule has 0 amide bonds. The zero-order valence-corrected chi connectivity index (χ0v) is 12.8. The van der Waals surface area contributed by atoms with Crippen LogP contribution in [-0.4, -0.2) is 42.7 Å². The molecule has 1 aliphatic heterocycles. The third-order valence-electron chi connectivity index (χ3n) is 3.98. The van der Waals surface area contributed by atoms with Crippen molar-refractivity contribution in [3.63, 3.8) is 0 Å². The molecule has 1 aromatic heterocycles.